The van der Waals surface area contributed by atoms with Crippen molar-refractivity contribution in [3.8, 4) is 0 Å². The maximum absolute atomic E-state index is 10.6. The number of amides is 1. The van der Waals surface area contributed by atoms with E-state index >= 15 is 0 Å². The second-order valence-electron chi connectivity index (χ2n) is 3.65. The van der Waals surface area contributed by atoms with E-state index in [9.17, 15) is 4.79 Å². The fourth-order valence-corrected chi connectivity index (χ4v) is 1.42. The molecule has 0 atom stereocenters. The molecule has 0 aliphatic rings. The Hall–Kier alpha value is -1.55. The van der Waals surface area contributed by atoms with Crippen LogP contribution in [0.3, 0.4) is 0 Å². The van der Waals surface area contributed by atoms with Crippen LogP contribution in [-0.2, 0) is 11.2 Å². The van der Waals surface area contributed by atoms with Gasteiger partial charge in [-0.3, -0.25) is 9.69 Å². The molecule has 0 radical (unpaired) electrons. The lowest BCUT2D eigenvalue weighted by molar-refractivity contribution is -0.118. The minimum absolute atomic E-state index is 0.284. The van der Waals surface area contributed by atoms with E-state index in [-0.39, 0.29) is 12.5 Å². The van der Waals surface area contributed by atoms with Crippen molar-refractivity contribution in [2.24, 2.45) is 5.73 Å². The molecule has 15 heavy (non-hydrogen) atoms. The van der Waals surface area contributed by atoms with Crippen LogP contribution >= 0.6 is 0 Å². The molecule has 1 aromatic rings. The monoisotopic (exact) mass is 207 g/mol. The van der Waals surface area contributed by atoms with Crippen LogP contribution in [0.25, 0.3) is 0 Å². The smallest absolute Gasteiger partial charge is 0.231 e. The highest BCUT2D eigenvalue weighted by molar-refractivity contribution is 5.75. The van der Waals surface area contributed by atoms with Crippen LogP contribution in [0.5, 0.6) is 0 Å². The van der Waals surface area contributed by atoms with E-state index < -0.39 is 0 Å². The van der Waals surface area contributed by atoms with E-state index in [4.69, 9.17) is 11.5 Å². The van der Waals surface area contributed by atoms with E-state index in [1.54, 1.807) is 0 Å². The number of anilines is 1. The predicted molar refractivity (Wildman–Crippen MR) is 61.2 cm³/mol. The van der Waals surface area contributed by atoms with Crippen molar-refractivity contribution in [3.63, 3.8) is 0 Å². The van der Waals surface area contributed by atoms with Crippen molar-refractivity contribution in [3.05, 3.63) is 29.8 Å². The van der Waals surface area contributed by atoms with Crippen molar-refractivity contribution in [1.82, 2.24) is 4.90 Å². The summed E-state index contributed by atoms with van der Waals surface area (Å²) in [6, 6.07) is 7.74. The molecular formula is C11H17N3O. The summed E-state index contributed by atoms with van der Waals surface area (Å²) in [5.74, 6) is -0.307. The lowest BCUT2D eigenvalue weighted by Gasteiger charge is -2.14. The summed E-state index contributed by atoms with van der Waals surface area (Å²) in [7, 11) is 1.86. The number of nitrogen functional groups attached to an aromatic ring is 1. The van der Waals surface area contributed by atoms with Crippen molar-refractivity contribution >= 4 is 11.6 Å². The van der Waals surface area contributed by atoms with Gasteiger partial charge in [-0.05, 0) is 25.1 Å². The quantitative estimate of drug-likeness (QED) is 0.679. The Morgan fingerprint density at radius 1 is 1.40 bits per heavy atom. The molecule has 0 unspecified atom stereocenters. The van der Waals surface area contributed by atoms with Gasteiger partial charge in [-0.2, -0.15) is 0 Å². The van der Waals surface area contributed by atoms with Crippen molar-refractivity contribution in [1.29, 1.82) is 0 Å². The van der Waals surface area contributed by atoms with E-state index in [1.165, 1.54) is 0 Å². The Kier molecular flexibility index (Phi) is 4.12. The molecule has 0 aliphatic carbocycles. The number of carbonyl (C=O) groups is 1. The molecule has 0 aromatic heterocycles. The van der Waals surface area contributed by atoms with Crippen LogP contribution in [0.4, 0.5) is 5.69 Å². The average molecular weight is 207 g/mol. The number of primary amides is 1. The van der Waals surface area contributed by atoms with Gasteiger partial charge in [-0.1, -0.05) is 18.2 Å². The molecular weight excluding hydrogens is 190 g/mol. The average Bonchev–Trinajstić information content (AvgIpc) is 2.15. The highest BCUT2D eigenvalue weighted by Crippen LogP contribution is 2.11. The normalized spacial score (nSPS) is 10.5. The number of likely N-dealkylation sites (N-methyl/N-ethyl adjacent to an activating group) is 1. The summed E-state index contributed by atoms with van der Waals surface area (Å²) in [6.07, 6.45) is 0.830. The zero-order chi connectivity index (χ0) is 11.3. The number of nitrogens with zero attached hydrogens (tertiary/aromatic N) is 1. The first-order chi connectivity index (χ1) is 7.09. The molecule has 4 nitrogen and oxygen atoms in total. The molecule has 0 spiro atoms. The molecule has 0 saturated carbocycles. The first kappa shape index (κ1) is 11.5. The molecule has 1 rings (SSSR count). The molecule has 0 fully saturated rings. The summed E-state index contributed by atoms with van der Waals surface area (Å²) in [5, 5.41) is 0. The standard InChI is InChI=1S/C11H17N3O/c1-14(8-11(13)15)7-6-9-4-2-3-5-10(9)12/h2-5H,6-8,12H2,1H3,(H2,13,15). The van der Waals surface area contributed by atoms with Crippen LogP contribution in [0.2, 0.25) is 0 Å². The molecule has 0 heterocycles. The van der Waals surface area contributed by atoms with Gasteiger partial charge >= 0.3 is 0 Å². The number of hydrogen-bond donors (Lipinski definition) is 2. The lowest BCUT2D eigenvalue weighted by Crippen LogP contribution is -2.32. The van der Waals surface area contributed by atoms with Gasteiger partial charge in [-0.15, -0.1) is 0 Å². The van der Waals surface area contributed by atoms with Gasteiger partial charge in [0.1, 0.15) is 0 Å². The Balaban J connectivity index is 2.43. The molecule has 0 aliphatic heterocycles. The Morgan fingerprint density at radius 3 is 2.67 bits per heavy atom. The maximum atomic E-state index is 10.6. The van der Waals surface area contributed by atoms with Crippen molar-refractivity contribution in [2.75, 3.05) is 25.9 Å². The minimum Gasteiger partial charge on any atom is -0.399 e. The van der Waals surface area contributed by atoms with Gasteiger partial charge in [-0.25, -0.2) is 0 Å². The second-order valence-corrected chi connectivity index (χ2v) is 3.65. The molecule has 0 bridgehead atoms. The summed E-state index contributed by atoms with van der Waals surface area (Å²) >= 11 is 0. The summed E-state index contributed by atoms with van der Waals surface area (Å²) in [6.45, 7) is 1.06. The van der Waals surface area contributed by atoms with E-state index in [0.717, 1.165) is 24.2 Å². The van der Waals surface area contributed by atoms with E-state index in [2.05, 4.69) is 0 Å². The number of carbonyl (C=O) groups excluding carboxylic acids is 1. The summed E-state index contributed by atoms with van der Waals surface area (Å²) in [4.78, 5) is 12.5. The van der Waals surface area contributed by atoms with Crippen LogP contribution in [-0.4, -0.2) is 30.9 Å². The number of nitrogens with two attached hydrogens (primary N) is 2. The third-order valence-corrected chi connectivity index (χ3v) is 2.24. The SMILES string of the molecule is CN(CCc1ccccc1N)CC(N)=O. The fourth-order valence-electron chi connectivity index (χ4n) is 1.42. The summed E-state index contributed by atoms with van der Waals surface area (Å²) < 4.78 is 0. The number of para-hydroxylation sites is 1. The predicted octanol–water partition coefficient (Wildman–Crippen LogP) is 0.228. The van der Waals surface area contributed by atoms with Crippen LogP contribution < -0.4 is 11.5 Å². The van der Waals surface area contributed by atoms with Gasteiger partial charge in [0.15, 0.2) is 0 Å². The van der Waals surface area contributed by atoms with Gasteiger partial charge in [0.05, 0.1) is 6.54 Å². The largest absolute Gasteiger partial charge is 0.399 e. The molecule has 4 heteroatoms. The molecule has 82 valence electrons. The maximum Gasteiger partial charge on any atom is 0.231 e. The van der Waals surface area contributed by atoms with Crippen molar-refractivity contribution < 1.29 is 4.79 Å². The second kappa shape index (κ2) is 5.36. The van der Waals surface area contributed by atoms with E-state index in [0.29, 0.717) is 0 Å². The summed E-state index contributed by atoms with van der Waals surface area (Å²) in [5.41, 5.74) is 12.8. The van der Waals surface area contributed by atoms with Crippen LogP contribution in [0, 0.1) is 0 Å². The minimum atomic E-state index is -0.307. The van der Waals surface area contributed by atoms with Gasteiger partial charge in [0.2, 0.25) is 5.91 Å². The third kappa shape index (κ3) is 3.99. The third-order valence-electron chi connectivity index (χ3n) is 2.24. The Bertz CT molecular complexity index is 338. The van der Waals surface area contributed by atoms with Gasteiger partial charge < -0.3 is 11.5 Å². The van der Waals surface area contributed by atoms with Gasteiger partial charge in [0, 0.05) is 12.2 Å². The number of hydrogen-bond acceptors (Lipinski definition) is 3. The van der Waals surface area contributed by atoms with Gasteiger partial charge in [0.25, 0.3) is 0 Å². The highest BCUT2D eigenvalue weighted by atomic mass is 16.1. The first-order valence-corrected chi connectivity index (χ1v) is 4.90. The highest BCUT2D eigenvalue weighted by Gasteiger charge is 2.03. The topological polar surface area (TPSA) is 72.3 Å². The molecule has 0 saturated heterocycles. The molecule has 4 N–H and O–H groups in total. The molecule has 1 aromatic carbocycles. The first-order valence-electron chi connectivity index (χ1n) is 4.90. The van der Waals surface area contributed by atoms with Crippen LogP contribution in [0.1, 0.15) is 5.56 Å². The number of rotatable bonds is 5. The Morgan fingerprint density at radius 2 is 2.07 bits per heavy atom. The number of benzene rings is 1. The Labute approximate surface area is 89.9 Å². The zero-order valence-electron chi connectivity index (χ0n) is 8.94. The lowest BCUT2D eigenvalue weighted by atomic mass is 10.1. The van der Waals surface area contributed by atoms with Crippen LogP contribution in [0.15, 0.2) is 24.3 Å². The van der Waals surface area contributed by atoms with E-state index in [1.807, 2.05) is 36.2 Å². The van der Waals surface area contributed by atoms with Crippen molar-refractivity contribution in [2.45, 2.75) is 6.42 Å². The molecule has 1 amide bonds. The fraction of sp³-hybridized carbons (Fsp3) is 0.364. The zero-order valence-corrected chi connectivity index (χ0v) is 8.94.